The Morgan fingerprint density at radius 2 is 1.68 bits per heavy atom. The van der Waals surface area contributed by atoms with Crippen molar-refractivity contribution in [2.45, 2.75) is 50.2 Å². The monoisotopic (exact) mass is 556 g/mol. The van der Waals surface area contributed by atoms with Gasteiger partial charge in [-0.1, -0.05) is 18.2 Å². The van der Waals surface area contributed by atoms with Gasteiger partial charge in [-0.25, -0.2) is 9.67 Å². The van der Waals surface area contributed by atoms with E-state index >= 15 is 8.78 Å². The predicted octanol–water partition coefficient (Wildman–Crippen LogP) is 4.95. The first kappa shape index (κ1) is 27.4. The highest BCUT2D eigenvalue weighted by Crippen LogP contribution is 2.37. The third-order valence-corrected chi connectivity index (χ3v) is 6.99. The summed E-state index contributed by atoms with van der Waals surface area (Å²) in [7, 11) is -4.66. The molecule has 0 bridgehead atoms. The van der Waals surface area contributed by atoms with Crippen LogP contribution in [-0.2, 0) is 28.6 Å². The van der Waals surface area contributed by atoms with Gasteiger partial charge in [-0.15, -0.1) is 0 Å². The molecular formula is C24H21F5N4O4S. The Balaban J connectivity index is 1.85. The van der Waals surface area contributed by atoms with Gasteiger partial charge in [0.25, 0.3) is 21.6 Å². The van der Waals surface area contributed by atoms with Crippen molar-refractivity contribution in [2.24, 2.45) is 0 Å². The fourth-order valence-corrected chi connectivity index (χ4v) is 4.63. The molecule has 2 aromatic carbocycles. The zero-order valence-corrected chi connectivity index (χ0v) is 21.0. The second-order valence-corrected chi connectivity index (χ2v) is 10.3. The molecule has 0 aliphatic carbocycles. The molecule has 0 saturated heterocycles. The highest BCUT2D eigenvalue weighted by Gasteiger charge is 2.40. The Kier molecular flexibility index (Phi) is 6.68. The van der Waals surface area contributed by atoms with Crippen molar-refractivity contribution in [1.29, 1.82) is 0 Å². The summed E-state index contributed by atoms with van der Waals surface area (Å²) in [5.74, 6) is -3.70. The number of aryl methyl sites for hydroxylation is 2. The molecule has 1 unspecified atom stereocenters. The second-order valence-electron chi connectivity index (χ2n) is 8.88. The lowest BCUT2D eigenvalue weighted by molar-refractivity contribution is -0.137. The van der Waals surface area contributed by atoms with Crippen molar-refractivity contribution in [3.05, 3.63) is 86.6 Å². The number of aromatic amines is 1. The van der Waals surface area contributed by atoms with Gasteiger partial charge >= 0.3 is 6.18 Å². The molecule has 0 saturated carbocycles. The molecule has 0 spiro atoms. The molecule has 8 nitrogen and oxygen atoms in total. The Labute approximate surface area is 212 Å². The van der Waals surface area contributed by atoms with E-state index in [9.17, 15) is 30.9 Å². The number of fused-ring (bicyclic) bond motifs is 1. The fourth-order valence-electron chi connectivity index (χ4n) is 4.09. The molecule has 4 rings (SSSR count). The Bertz CT molecular complexity index is 1690. The molecule has 0 amide bonds. The van der Waals surface area contributed by atoms with Crippen LogP contribution < -0.4 is 5.56 Å². The predicted molar refractivity (Wildman–Crippen MR) is 127 cm³/mol. The molecule has 2 heterocycles. The van der Waals surface area contributed by atoms with E-state index in [4.69, 9.17) is 0 Å². The summed E-state index contributed by atoms with van der Waals surface area (Å²) in [5, 5.41) is 3.49. The summed E-state index contributed by atoms with van der Waals surface area (Å²) < 4.78 is 104. The maximum atomic E-state index is 15.7. The van der Waals surface area contributed by atoms with E-state index in [0.29, 0.717) is 11.1 Å². The molecule has 4 aromatic rings. The molecule has 0 radical (unpaired) electrons. The van der Waals surface area contributed by atoms with E-state index in [0.717, 1.165) is 28.9 Å². The highest BCUT2D eigenvalue weighted by atomic mass is 32.2. The minimum atomic E-state index is -4.66. The van der Waals surface area contributed by atoms with Crippen LogP contribution >= 0.6 is 0 Å². The number of nitrogens with one attached hydrogen (secondary N) is 1. The highest BCUT2D eigenvalue weighted by molar-refractivity contribution is 7.85. The maximum Gasteiger partial charge on any atom is 0.416 e. The van der Waals surface area contributed by atoms with E-state index < -0.39 is 61.8 Å². The third-order valence-electron chi connectivity index (χ3n) is 6.14. The van der Waals surface area contributed by atoms with Gasteiger partial charge in [-0.05, 0) is 61.7 Å². The van der Waals surface area contributed by atoms with Gasteiger partial charge in [-0.2, -0.15) is 35.5 Å². The zero-order chi connectivity index (χ0) is 28.2. The van der Waals surface area contributed by atoms with Crippen LogP contribution in [0.25, 0.3) is 11.0 Å². The van der Waals surface area contributed by atoms with E-state index in [1.807, 2.05) is 0 Å². The smallest absolute Gasteiger partial charge is 0.310 e. The first-order chi connectivity index (χ1) is 17.5. The van der Waals surface area contributed by atoms with Crippen LogP contribution in [0.2, 0.25) is 0 Å². The summed E-state index contributed by atoms with van der Waals surface area (Å²) in [6.45, 7) is 4.41. The van der Waals surface area contributed by atoms with Crippen molar-refractivity contribution in [1.82, 2.24) is 19.7 Å². The number of hydrogen-bond acceptors (Lipinski definition) is 5. The van der Waals surface area contributed by atoms with Gasteiger partial charge in [0.05, 0.1) is 16.5 Å². The van der Waals surface area contributed by atoms with Crippen LogP contribution in [0.15, 0.2) is 52.2 Å². The van der Waals surface area contributed by atoms with Crippen LogP contribution in [0.1, 0.15) is 46.7 Å². The average molecular weight is 557 g/mol. The number of benzene rings is 2. The molecule has 2 N–H and O–H groups in total. The quantitative estimate of drug-likeness (QED) is 0.257. The normalized spacial score (nSPS) is 13.7. The van der Waals surface area contributed by atoms with Crippen molar-refractivity contribution in [3.63, 3.8) is 0 Å². The molecular weight excluding hydrogens is 535 g/mol. The lowest BCUT2D eigenvalue weighted by Gasteiger charge is -2.17. The Morgan fingerprint density at radius 3 is 2.26 bits per heavy atom. The van der Waals surface area contributed by atoms with E-state index in [1.165, 1.54) is 39.0 Å². The van der Waals surface area contributed by atoms with Gasteiger partial charge in [0, 0.05) is 6.42 Å². The summed E-state index contributed by atoms with van der Waals surface area (Å²) in [4.78, 5) is 18.7. The van der Waals surface area contributed by atoms with Crippen LogP contribution in [0.4, 0.5) is 22.0 Å². The molecule has 0 fully saturated rings. The average Bonchev–Trinajstić information content (AvgIpc) is 3.19. The third kappa shape index (κ3) is 5.18. The van der Waals surface area contributed by atoms with Crippen molar-refractivity contribution >= 4 is 21.2 Å². The Morgan fingerprint density at radius 1 is 1.05 bits per heavy atom. The largest absolute Gasteiger partial charge is 0.416 e. The molecule has 0 aliphatic heterocycles. The number of alkyl halides is 5. The fraction of sp³-hybridized carbons (Fsp3) is 0.292. The number of nitrogens with zero attached hydrogens (tertiary/aromatic N) is 3. The van der Waals surface area contributed by atoms with Crippen LogP contribution in [0.3, 0.4) is 0 Å². The van der Waals surface area contributed by atoms with Gasteiger partial charge in [0.2, 0.25) is 0 Å². The first-order valence-electron chi connectivity index (χ1n) is 11.1. The summed E-state index contributed by atoms with van der Waals surface area (Å²) in [5.41, 5.74) is -2.42. The minimum Gasteiger partial charge on any atom is -0.310 e. The number of hydrogen-bond donors (Lipinski definition) is 2. The van der Waals surface area contributed by atoms with Gasteiger partial charge < -0.3 is 4.98 Å². The van der Waals surface area contributed by atoms with Crippen LogP contribution in [-0.4, -0.2) is 32.7 Å². The molecule has 1 atom stereocenters. The maximum absolute atomic E-state index is 15.7. The Hall–Kier alpha value is -3.65. The summed E-state index contributed by atoms with van der Waals surface area (Å²) in [6, 6.07) is 6.42. The molecule has 14 heteroatoms. The van der Waals surface area contributed by atoms with Gasteiger partial charge in [0.1, 0.15) is 16.9 Å². The zero-order valence-electron chi connectivity index (χ0n) is 20.1. The molecule has 202 valence electrons. The van der Waals surface area contributed by atoms with Crippen molar-refractivity contribution in [2.75, 3.05) is 0 Å². The number of H-pyrrole nitrogens is 1. The second kappa shape index (κ2) is 9.27. The number of halogens is 5. The SMILES string of the molecule is Cc1nc2c(c(C(F)(F)Cc3cc(S(=O)(=O)O)ccc3C)nn2C(C)c2ccc(C(F)(F)F)cc2)c(=O)[nH]1. The summed E-state index contributed by atoms with van der Waals surface area (Å²) in [6.07, 6.45) is -5.62. The van der Waals surface area contributed by atoms with Gasteiger partial charge in [-0.3, -0.25) is 9.35 Å². The number of aromatic nitrogens is 4. The van der Waals surface area contributed by atoms with E-state index in [-0.39, 0.29) is 17.0 Å². The van der Waals surface area contributed by atoms with Gasteiger partial charge in [0.15, 0.2) is 5.65 Å². The lowest BCUT2D eigenvalue weighted by atomic mass is 9.99. The summed E-state index contributed by atoms with van der Waals surface area (Å²) >= 11 is 0. The van der Waals surface area contributed by atoms with Crippen LogP contribution in [0, 0.1) is 13.8 Å². The van der Waals surface area contributed by atoms with E-state index in [1.54, 1.807) is 0 Å². The molecule has 38 heavy (non-hydrogen) atoms. The topological polar surface area (TPSA) is 118 Å². The lowest BCUT2D eigenvalue weighted by Crippen LogP contribution is -2.22. The van der Waals surface area contributed by atoms with E-state index in [2.05, 4.69) is 15.1 Å². The molecule has 2 aromatic heterocycles. The number of rotatable bonds is 6. The van der Waals surface area contributed by atoms with Crippen molar-refractivity contribution < 1.29 is 34.9 Å². The molecule has 0 aliphatic rings. The van der Waals surface area contributed by atoms with Crippen molar-refractivity contribution in [3.8, 4) is 0 Å². The first-order valence-corrected chi connectivity index (χ1v) is 12.5. The van der Waals surface area contributed by atoms with Crippen LogP contribution in [0.5, 0.6) is 0 Å². The standard InChI is InChI=1S/C24H21F5N4O4S/c1-12-4-9-18(38(35,36)37)10-16(12)11-23(25,26)20-19-21(30-14(3)31-22(19)34)33(32-20)13(2)15-5-7-17(8-6-15)24(27,28)29/h4-10,13H,11H2,1-3H3,(H,30,31,34)(H,35,36,37). The minimum absolute atomic E-state index is 0.106.